The van der Waals surface area contributed by atoms with Crippen LogP contribution in [0.4, 0.5) is 0 Å². The van der Waals surface area contributed by atoms with Crippen LogP contribution in [0.25, 0.3) is 0 Å². The lowest BCUT2D eigenvalue weighted by Gasteiger charge is -2.16. The van der Waals surface area contributed by atoms with Crippen molar-refractivity contribution in [3.63, 3.8) is 0 Å². The smallest absolute Gasteiger partial charge is 0.215 e. The number of nitrogens with one attached hydrogen (secondary N) is 3. The molecule has 0 saturated carbocycles. The van der Waals surface area contributed by atoms with Gasteiger partial charge < -0.3 is 10.6 Å². The first kappa shape index (κ1) is 18.4. The molecule has 0 amide bonds. The van der Waals surface area contributed by atoms with Gasteiger partial charge in [-0.2, -0.15) is 0 Å². The van der Waals surface area contributed by atoms with Crippen LogP contribution in [0.15, 0.2) is 29.3 Å². The summed E-state index contributed by atoms with van der Waals surface area (Å²) in [6.07, 6.45) is 1.01. The summed E-state index contributed by atoms with van der Waals surface area (Å²) < 4.78 is 25.5. The van der Waals surface area contributed by atoms with Gasteiger partial charge in [-0.15, -0.1) is 0 Å². The van der Waals surface area contributed by atoms with Crippen molar-refractivity contribution in [1.29, 1.82) is 0 Å². The van der Waals surface area contributed by atoms with Crippen LogP contribution in [0.2, 0.25) is 0 Å². The zero-order chi connectivity index (χ0) is 16.6. The highest BCUT2D eigenvalue weighted by molar-refractivity contribution is 7.88. The van der Waals surface area contributed by atoms with E-state index in [1.165, 1.54) is 7.05 Å². The van der Waals surface area contributed by atoms with Crippen molar-refractivity contribution in [2.24, 2.45) is 4.99 Å². The molecule has 6 nitrogen and oxygen atoms in total. The maximum Gasteiger partial charge on any atom is 0.215 e. The summed E-state index contributed by atoms with van der Waals surface area (Å²) in [5.74, 6) is 0.722. The molecule has 1 aromatic rings. The number of aliphatic imine (C=N–C) groups is 1. The van der Waals surface area contributed by atoms with Crippen molar-refractivity contribution < 1.29 is 8.42 Å². The van der Waals surface area contributed by atoms with Gasteiger partial charge in [-0.3, -0.25) is 4.99 Å². The predicted octanol–water partition coefficient (Wildman–Crippen LogP) is 1.20. The minimum absolute atomic E-state index is 0.0167. The Morgan fingerprint density at radius 2 is 2.00 bits per heavy atom. The van der Waals surface area contributed by atoms with Crippen LogP contribution in [0.3, 0.4) is 0 Å². The monoisotopic (exact) mass is 326 g/mol. The topological polar surface area (TPSA) is 82.6 Å². The molecule has 0 radical (unpaired) electrons. The van der Waals surface area contributed by atoms with E-state index in [1.807, 2.05) is 24.3 Å². The molecule has 0 fully saturated rings. The van der Waals surface area contributed by atoms with Crippen molar-refractivity contribution >= 4 is 16.0 Å². The van der Waals surface area contributed by atoms with Gasteiger partial charge >= 0.3 is 0 Å². The number of nitrogens with zero attached hydrogens (tertiary/aromatic N) is 1. The lowest BCUT2D eigenvalue weighted by atomic mass is 10.1. The van der Waals surface area contributed by atoms with Crippen molar-refractivity contribution in [2.45, 2.75) is 38.6 Å². The average molecular weight is 326 g/mol. The number of guanidine groups is 1. The van der Waals surface area contributed by atoms with Crippen LogP contribution in [-0.4, -0.2) is 34.5 Å². The van der Waals surface area contributed by atoms with Crippen LogP contribution in [0, 0.1) is 0 Å². The Hall–Kier alpha value is -1.60. The molecule has 0 bridgehead atoms. The molecular formula is C15H26N4O2S. The predicted molar refractivity (Wildman–Crippen MR) is 91.2 cm³/mol. The Morgan fingerprint density at radius 1 is 1.32 bits per heavy atom. The van der Waals surface area contributed by atoms with Gasteiger partial charge in [0, 0.05) is 19.6 Å². The second-order valence-corrected chi connectivity index (χ2v) is 7.09. The highest BCUT2D eigenvalue weighted by atomic mass is 32.2. The molecule has 1 aromatic carbocycles. The Morgan fingerprint density at radius 3 is 2.59 bits per heavy atom. The van der Waals surface area contributed by atoms with Crippen molar-refractivity contribution in [3.8, 4) is 0 Å². The van der Waals surface area contributed by atoms with Gasteiger partial charge in [-0.1, -0.05) is 31.2 Å². The lowest BCUT2D eigenvalue weighted by molar-refractivity contribution is 0.587. The van der Waals surface area contributed by atoms with Crippen LogP contribution in [-0.2, 0) is 22.3 Å². The minimum Gasteiger partial charge on any atom is -0.354 e. The van der Waals surface area contributed by atoms with Crippen LogP contribution >= 0.6 is 0 Å². The third kappa shape index (κ3) is 6.44. The van der Waals surface area contributed by atoms with E-state index in [9.17, 15) is 8.42 Å². The fourth-order valence-corrected chi connectivity index (χ4v) is 2.60. The average Bonchev–Trinajstić information content (AvgIpc) is 2.51. The number of rotatable bonds is 7. The van der Waals surface area contributed by atoms with E-state index in [2.05, 4.69) is 34.2 Å². The third-order valence-electron chi connectivity index (χ3n) is 3.34. The van der Waals surface area contributed by atoms with Crippen molar-refractivity contribution in [1.82, 2.24) is 15.4 Å². The van der Waals surface area contributed by atoms with Gasteiger partial charge in [0.2, 0.25) is 10.0 Å². The van der Waals surface area contributed by atoms with Crippen LogP contribution in [0.5, 0.6) is 0 Å². The van der Waals surface area contributed by atoms with Crippen molar-refractivity contribution in [2.75, 3.05) is 14.1 Å². The summed E-state index contributed by atoms with van der Waals surface area (Å²) in [7, 11) is -0.0993. The second-order valence-electron chi connectivity index (χ2n) is 5.16. The molecule has 0 aliphatic heterocycles. The van der Waals surface area contributed by atoms with Gasteiger partial charge in [0.25, 0.3) is 0 Å². The van der Waals surface area contributed by atoms with Gasteiger partial charge in [-0.05, 0) is 31.5 Å². The lowest BCUT2D eigenvalue weighted by Crippen LogP contribution is -2.41. The van der Waals surface area contributed by atoms with Gasteiger partial charge in [0.15, 0.2) is 5.96 Å². The minimum atomic E-state index is -3.25. The van der Waals surface area contributed by atoms with E-state index in [0.29, 0.717) is 12.6 Å². The highest BCUT2D eigenvalue weighted by Crippen LogP contribution is 2.08. The summed E-state index contributed by atoms with van der Waals surface area (Å²) in [6.45, 7) is 4.79. The molecule has 7 heteroatoms. The molecule has 1 unspecified atom stereocenters. The van der Waals surface area contributed by atoms with Crippen LogP contribution < -0.4 is 15.4 Å². The molecule has 0 saturated heterocycles. The van der Waals surface area contributed by atoms with Gasteiger partial charge in [0.1, 0.15) is 0 Å². The summed E-state index contributed by atoms with van der Waals surface area (Å²) in [4.78, 5) is 4.17. The van der Waals surface area contributed by atoms with Gasteiger partial charge in [-0.25, -0.2) is 13.1 Å². The fourth-order valence-electron chi connectivity index (χ4n) is 1.84. The number of hydrogen-bond acceptors (Lipinski definition) is 3. The molecular weight excluding hydrogens is 300 g/mol. The van der Waals surface area contributed by atoms with E-state index in [0.717, 1.165) is 23.5 Å². The first-order chi connectivity index (χ1) is 10.4. The molecule has 124 valence electrons. The number of benzene rings is 1. The highest BCUT2D eigenvalue weighted by Gasteiger charge is 2.09. The molecule has 1 rings (SSSR count). The Kier molecular flexibility index (Phi) is 7.34. The molecule has 0 aliphatic rings. The summed E-state index contributed by atoms with van der Waals surface area (Å²) in [5.41, 5.74) is 1.77. The Bertz CT molecular complexity index is 599. The molecule has 0 heterocycles. The second kappa shape index (κ2) is 8.75. The first-order valence-corrected chi connectivity index (χ1v) is 9.01. The van der Waals surface area contributed by atoms with E-state index >= 15 is 0 Å². The van der Waals surface area contributed by atoms with Gasteiger partial charge in [0.05, 0.1) is 5.75 Å². The van der Waals surface area contributed by atoms with Crippen molar-refractivity contribution in [3.05, 3.63) is 35.4 Å². The largest absolute Gasteiger partial charge is 0.354 e. The number of hydrogen-bond donors (Lipinski definition) is 3. The zero-order valence-corrected chi connectivity index (χ0v) is 14.5. The summed E-state index contributed by atoms with van der Waals surface area (Å²) in [6, 6.07) is 7.86. The molecule has 0 aliphatic carbocycles. The van der Waals surface area contributed by atoms with E-state index < -0.39 is 10.0 Å². The quantitative estimate of drug-likeness (QED) is 0.519. The Labute approximate surface area is 133 Å². The third-order valence-corrected chi connectivity index (χ3v) is 4.67. The zero-order valence-electron chi connectivity index (χ0n) is 13.7. The van der Waals surface area contributed by atoms with Crippen LogP contribution in [0.1, 0.15) is 31.4 Å². The number of sulfonamides is 1. The summed E-state index contributed by atoms with van der Waals surface area (Å²) >= 11 is 0. The maximum absolute atomic E-state index is 11.6. The molecule has 0 aromatic heterocycles. The standard InChI is InChI=1S/C15H26N4O2S/c1-5-12(2)19-15(16-3)18-10-13-7-6-8-14(9-13)11-22(20,21)17-4/h6-9,12,17H,5,10-11H2,1-4H3,(H2,16,18,19). The molecule has 3 N–H and O–H groups in total. The molecule has 1 atom stereocenters. The Balaban J connectivity index is 2.67. The SMILES string of the molecule is CCC(C)NC(=NC)NCc1cccc(CS(=O)(=O)NC)c1. The molecule has 0 spiro atoms. The summed E-state index contributed by atoms with van der Waals surface area (Å²) in [5, 5.41) is 6.51. The van der Waals surface area contributed by atoms with E-state index in [4.69, 9.17) is 0 Å². The van der Waals surface area contributed by atoms with E-state index in [-0.39, 0.29) is 5.75 Å². The molecule has 22 heavy (non-hydrogen) atoms. The normalized spacial score (nSPS) is 13.7. The maximum atomic E-state index is 11.6. The fraction of sp³-hybridized carbons (Fsp3) is 0.533. The van der Waals surface area contributed by atoms with E-state index in [1.54, 1.807) is 7.05 Å². The first-order valence-electron chi connectivity index (χ1n) is 7.36.